The number of nitrogens with one attached hydrogen (secondary N) is 2. The lowest BCUT2D eigenvalue weighted by Crippen LogP contribution is -2.47. The zero-order valence-electron chi connectivity index (χ0n) is 15.7. The van der Waals surface area contributed by atoms with E-state index in [1.807, 2.05) is 61.5 Å². The van der Waals surface area contributed by atoms with Gasteiger partial charge in [0.05, 0.1) is 0 Å². The van der Waals surface area contributed by atoms with Crippen molar-refractivity contribution in [1.82, 2.24) is 5.32 Å². The third-order valence-electron chi connectivity index (χ3n) is 3.58. The van der Waals surface area contributed by atoms with E-state index in [4.69, 9.17) is 4.74 Å². The zero-order chi connectivity index (χ0) is 19.2. The molecule has 2 rings (SSSR count). The average Bonchev–Trinajstić information content (AvgIpc) is 2.53. The number of amides is 2. The number of aryl methyl sites for hydroxylation is 1. The molecule has 0 aromatic heterocycles. The van der Waals surface area contributed by atoms with Crippen LogP contribution in [0.25, 0.3) is 0 Å². The Labute approximate surface area is 154 Å². The molecule has 0 saturated heterocycles. The number of carbonyl (C=O) groups excluding carboxylic acids is 2. The fraction of sp³-hybridized carbons (Fsp3) is 0.333. The molecule has 0 aliphatic rings. The highest BCUT2D eigenvalue weighted by molar-refractivity contribution is 5.96. The summed E-state index contributed by atoms with van der Waals surface area (Å²) in [6.45, 7) is 7.30. The second-order valence-corrected chi connectivity index (χ2v) is 7.25. The topological polar surface area (TPSA) is 67.4 Å². The van der Waals surface area contributed by atoms with Crippen molar-refractivity contribution >= 4 is 17.7 Å². The van der Waals surface area contributed by atoms with Crippen LogP contribution in [0.5, 0.6) is 0 Å². The SMILES string of the molecule is Cc1cccc(NC(=O)[C@H](Cc2ccccc2)NC(=O)OC(C)(C)C)c1. The number of benzene rings is 2. The van der Waals surface area contributed by atoms with Gasteiger partial charge in [-0.3, -0.25) is 4.79 Å². The Bertz CT molecular complexity index is 751. The first-order valence-corrected chi connectivity index (χ1v) is 8.64. The summed E-state index contributed by atoms with van der Waals surface area (Å²) in [5.74, 6) is -0.287. The quantitative estimate of drug-likeness (QED) is 0.850. The predicted molar refractivity (Wildman–Crippen MR) is 103 cm³/mol. The van der Waals surface area contributed by atoms with Gasteiger partial charge in [0.15, 0.2) is 0 Å². The molecular weight excluding hydrogens is 328 g/mol. The Morgan fingerprint density at radius 3 is 2.35 bits per heavy atom. The largest absolute Gasteiger partial charge is 0.444 e. The molecule has 0 aliphatic heterocycles. The summed E-state index contributed by atoms with van der Waals surface area (Å²) in [7, 11) is 0. The molecule has 0 fully saturated rings. The maximum Gasteiger partial charge on any atom is 0.408 e. The normalized spacial score (nSPS) is 12.2. The molecular formula is C21H26N2O3. The number of rotatable bonds is 5. The first-order chi connectivity index (χ1) is 12.2. The van der Waals surface area contributed by atoms with E-state index in [1.54, 1.807) is 20.8 Å². The van der Waals surface area contributed by atoms with E-state index in [1.165, 1.54) is 0 Å². The van der Waals surface area contributed by atoms with Gasteiger partial charge in [-0.1, -0.05) is 42.5 Å². The number of hydrogen-bond donors (Lipinski definition) is 2. The van der Waals surface area contributed by atoms with Crippen molar-refractivity contribution in [3.63, 3.8) is 0 Å². The van der Waals surface area contributed by atoms with Crippen LogP contribution in [0.2, 0.25) is 0 Å². The summed E-state index contributed by atoms with van der Waals surface area (Å²) in [5, 5.41) is 5.55. The molecule has 5 nitrogen and oxygen atoms in total. The van der Waals surface area contributed by atoms with Crippen molar-refractivity contribution in [2.24, 2.45) is 0 Å². The van der Waals surface area contributed by atoms with Gasteiger partial charge in [-0.15, -0.1) is 0 Å². The van der Waals surface area contributed by atoms with Gasteiger partial charge in [-0.05, 0) is 51.0 Å². The molecule has 0 saturated carbocycles. The monoisotopic (exact) mass is 354 g/mol. The molecule has 2 N–H and O–H groups in total. The highest BCUT2D eigenvalue weighted by Crippen LogP contribution is 2.12. The van der Waals surface area contributed by atoms with Crippen LogP contribution < -0.4 is 10.6 Å². The van der Waals surface area contributed by atoms with Gasteiger partial charge >= 0.3 is 6.09 Å². The van der Waals surface area contributed by atoms with Crippen LogP contribution in [-0.2, 0) is 16.0 Å². The fourth-order valence-electron chi connectivity index (χ4n) is 2.46. The van der Waals surface area contributed by atoms with Crippen molar-refractivity contribution in [3.8, 4) is 0 Å². The maximum atomic E-state index is 12.7. The Kier molecular flexibility index (Phi) is 6.39. The second-order valence-electron chi connectivity index (χ2n) is 7.25. The van der Waals surface area contributed by atoms with E-state index in [0.29, 0.717) is 12.1 Å². The smallest absolute Gasteiger partial charge is 0.408 e. The molecule has 2 aromatic carbocycles. The molecule has 0 unspecified atom stereocenters. The molecule has 2 amide bonds. The van der Waals surface area contributed by atoms with Gasteiger partial charge in [0.2, 0.25) is 5.91 Å². The molecule has 0 bridgehead atoms. The van der Waals surface area contributed by atoms with E-state index >= 15 is 0 Å². The molecule has 26 heavy (non-hydrogen) atoms. The van der Waals surface area contributed by atoms with Gasteiger partial charge in [-0.25, -0.2) is 4.79 Å². The van der Waals surface area contributed by atoms with Crippen LogP contribution >= 0.6 is 0 Å². The number of anilines is 1. The summed E-state index contributed by atoms with van der Waals surface area (Å²) in [6.07, 6.45) is -0.240. The Hall–Kier alpha value is -2.82. The van der Waals surface area contributed by atoms with Crippen molar-refractivity contribution in [2.75, 3.05) is 5.32 Å². The van der Waals surface area contributed by atoms with Crippen molar-refractivity contribution in [1.29, 1.82) is 0 Å². The van der Waals surface area contributed by atoms with Crippen LogP contribution in [0.1, 0.15) is 31.9 Å². The highest BCUT2D eigenvalue weighted by Gasteiger charge is 2.24. The third-order valence-corrected chi connectivity index (χ3v) is 3.58. The molecule has 0 aliphatic carbocycles. The molecule has 138 valence electrons. The maximum absolute atomic E-state index is 12.7. The number of hydrogen-bond acceptors (Lipinski definition) is 3. The van der Waals surface area contributed by atoms with Gasteiger partial charge in [-0.2, -0.15) is 0 Å². The molecule has 0 heterocycles. The van der Waals surface area contributed by atoms with E-state index in [-0.39, 0.29) is 5.91 Å². The lowest BCUT2D eigenvalue weighted by Gasteiger charge is -2.23. The molecule has 0 spiro atoms. The van der Waals surface area contributed by atoms with Crippen molar-refractivity contribution in [2.45, 2.75) is 45.8 Å². The van der Waals surface area contributed by atoms with Gasteiger partial charge in [0.1, 0.15) is 11.6 Å². The lowest BCUT2D eigenvalue weighted by atomic mass is 10.1. The first kappa shape index (κ1) is 19.5. The van der Waals surface area contributed by atoms with E-state index in [0.717, 1.165) is 11.1 Å². The highest BCUT2D eigenvalue weighted by atomic mass is 16.6. The standard InChI is InChI=1S/C21H26N2O3/c1-15-9-8-12-17(13-15)22-19(24)18(14-16-10-6-5-7-11-16)23-20(25)26-21(2,3)4/h5-13,18H,14H2,1-4H3,(H,22,24)(H,23,25)/t18-/m0/s1. The number of alkyl carbamates (subject to hydrolysis) is 1. The molecule has 0 radical (unpaired) electrons. The van der Waals surface area contributed by atoms with Gasteiger partial charge in [0.25, 0.3) is 0 Å². The Morgan fingerprint density at radius 1 is 1.04 bits per heavy atom. The Morgan fingerprint density at radius 2 is 1.73 bits per heavy atom. The third kappa shape index (κ3) is 6.59. The van der Waals surface area contributed by atoms with Crippen LogP contribution in [0.4, 0.5) is 10.5 Å². The van der Waals surface area contributed by atoms with Gasteiger partial charge < -0.3 is 15.4 Å². The van der Waals surface area contributed by atoms with Crippen LogP contribution in [-0.4, -0.2) is 23.6 Å². The summed E-state index contributed by atoms with van der Waals surface area (Å²) in [5.41, 5.74) is 2.06. The molecule has 2 aromatic rings. The predicted octanol–water partition coefficient (Wildman–Crippen LogP) is 4.07. The summed E-state index contributed by atoms with van der Waals surface area (Å²) in [4.78, 5) is 24.9. The summed E-state index contributed by atoms with van der Waals surface area (Å²) < 4.78 is 5.30. The minimum absolute atomic E-state index is 0.287. The molecule has 5 heteroatoms. The first-order valence-electron chi connectivity index (χ1n) is 8.64. The van der Waals surface area contributed by atoms with E-state index in [2.05, 4.69) is 10.6 Å². The van der Waals surface area contributed by atoms with E-state index < -0.39 is 17.7 Å². The minimum Gasteiger partial charge on any atom is -0.444 e. The minimum atomic E-state index is -0.743. The van der Waals surface area contributed by atoms with Crippen LogP contribution in [0.3, 0.4) is 0 Å². The fourth-order valence-corrected chi connectivity index (χ4v) is 2.46. The summed E-state index contributed by atoms with van der Waals surface area (Å²) >= 11 is 0. The Balaban J connectivity index is 2.13. The van der Waals surface area contributed by atoms with Crippen molar-refractivity contribution < 1.29 is 14.3 Å². The van der Waals surface area contributed by atoms with E-state index in [9.17, 15) is 9.59 Å². The van der Waals surface area contributed by atoms with Crippen molar-refractivity contribution in [3.05, 3.63) is 65.7 Å². The van der Waals surface area contributed by atoms with Crippen LogP contribution in [0.15, 0.2) is 54.6 Å². The lowest BCUT2D eigenvalue weighted by molar-refractivity contribution is -0.118. The van der Waals surface area contributed by atoms with Crippen LogP contribution in [0, 0.1) is 6.92 Å². The summed E-state index contributed by atoms with van der Waals surface area (Å²) in [6, 6.07) is 16.3. The number of carbonyl (C=O) groups is 2. The second kappa shape index (κ2) is 8.52. The zero-order valence-corrected chi connectivity index (χ0v) is 15.7. The average molecular weight is 354 g/mol. The van der Waals surface area contributed by atoms with Gasteiger partial charge in [0, 0.05) is 12.1 Å². The molecule has 1 atom stereocenters. The number of ether oxygens (including phenoxy) is 1.